The van der Waals surface area contributed by atoms with Gasteiger partial charge in [0.15, 0.2) is 0 Å². The van der Waals surface area contributed by atoms with Crippen molar-refractivity contribution in [3.05, 3.63) is 70.0 Å². The highest BCUT2D eigenvalue weighted by Crippen LogP contribution is 2.31. The topological polar surface area (TPSA) is 23.6 Å². The van der Waals surface area contributed by atoms with Crippen molar-refractivity contribution in [3.8, 4) is 0 Å². The van der Waals surface area contributed by atoms with Gasteiger partial charge in [0.25, 0.3) is 0 Å². The van der Waals surface area contributed by atoms with Crippen molar-refractivity contribution in [2.24, 2.45) is 0 Å². The van der Waals surface area contributed by atoms with Crippen LogP contribution in [-0.2, 0) is 11.2 Å². The Kier molecular flexibility index (Phi) is 5.64. The van der Waals surface area contributed by atoms with Crippen LogP contribution in [0.2, 0.25) is 5.02 Å². The highest BCUT2D eigenvalue weighted by molar-refractivity contribution is 6.31. The van der Waals surface area contributed by atoms with Gasteiger partial charge < -0.3 is 9.80 Å². The molecule has 1 aliphatic rings. The Balaban J connectivity index is 1.79. The molecule has 0 spiro atoms. The molecule has 2 aromatic carbocycles. The molecular weight excluding hydrogens is 351 g/mol. The lowest BCUT2D eigenvalue weighted by molar-refractivity contribution is -0.129. The fourth-order valence-corrected chi connectivity index (χ4v) is 3.85. The quantitative estimate of drug-likeness (QED) is 0.810. The van der Waals surface area contributed by atoms with Gasteiger partial charge in [-0.2, -0.15) is 0 Å². The van der Waals surface area contributed by atoms with Crippen LogP contribution in [0.4, 0.5) is 4.39 Å². The van der Waals surface area contributed by atoms with Crippen LogP contribution in [0.25, 0.3) is 0 Å². The van der Waals surface area contributed by atoms with E-state index >= 15 is 0 Å². The van der Waals surface area contributed by atoms with Crippen molar-refractivity contribution in [2.75, 3.05) is 27.2 Å². The summed E-state index contributed by atoms with van der Waals surface area (Å²) in [7, 11) is 4.07. The predicted molar refractivity (Wildman–Crippen MR) is 103 cm³/mol. The summed E-state index contributed by atoms with van der Waals surface area (Å²) in [5.74, 6) is -0.270. The first-order valence-electron chi connectivity index (χ1n) is 8.80. The molecule has 1 saturated heterocycles. The van der Waals surface area contributed by atoms with Crippen LogP contribution in [-0.4, -0.2) is 48.9 Å². The number of amides is 1. The van der Waals surface area contributed by atoms with Crippen LogP contribution < -0.4 is 0 Å². The van der Waals surface area contributed by atoms with Gasteiger partial charge in [-0.3, -0.25) is 4.79 Å². The van der Waals surface area contributed by atoms with E-state index in [1.165, 1.54) is 17.2 Å². The zero-order chi connectivity index (χ0) is 18.8. The largest absolute Gasteiger partial charge is 0.340 e. The zero-order valence-corrected chi connectivity index (χ0v) is 16.1. The van der Waals surface area contributed by atoms with Gasteiger partial charge in [0, 0.05) is 35.6 Å². The molecule has 0 radical (unpaired) electrons. The van der Waals surface area contributed by atoms with Gasteiger partial charge in [0.2, 0.25) is 5.91 Å². The number of likely N-dealkylation sites (N-methyl/N-ethyl adjacent to an activating group) is 1. The molecule has 0 saturated carbocycles. The Morgan fingerprint density at radius 1 is 1.19 bits per heavy atom. The fraction of sp³-hybridized carbons (Fsp3) is 0.381. The van der Waals surface area contributed by atoms with E-state index in [0.717, 1.165) is 0 Å². The average Bonchev–Trinajstić information content (AvgIpc) is 3.04. The number of nitrogens with zero attached hydrogens (tertiary/aromatic N) is 2. The second-order valence-electron chi connectivity index (χ2n) is 7.22. The molecule has 2 aromatic rings. The number of aryl methyl sites for hydroxylation is 1. The lowest BCUT2D eigenvalue weighted by atomic mass is 9.93. The summed E-state index contributed by atoms with van der Waals surface area (Å²) in [6, 6.07) is 13.2. The molecule has 1 aliphatic heterocycles. The first-order chi connectivity index (χ1) is 12.4. The van der Waals surface area contributed by atoms with Crippen LogP contribution in [0.3, 0.4) is 0 Å². The second kappa shape index (κ2) is 7.77. The smallest absolute Gasteiger partial charge is 0.227 e. The monoisotopic (exact) mass is 374 g/mol. The Morgan fingerprint density at radius 3 is 2.50 bits per heavy atom. The number of rotatable bonds is 4. The SMILES string of the molecule is Cc1ccc(C2CN(C(=O)Cc3c(F)cccc3Cl)CC2N(C)C)cc1. The molecular formula is C21H24ClFN2O. The second-order valence-corrected chi connectivity index (χ2v) is 7.63. The molecule has 3 rings (SSSR count). The number of hydrogen-bond acceptors (Lipinski definition) is 2. The van der Waals surface area contributed by atoms with Crippen molar-refractivity contribution in [3.63, 3.8) is 0 Å². The lowest BCUT2D eigenvalue weighted by Gasteiger charge is -2.25. The van der Waals surface area contributed by atoms with E-state index in [2.05, 4.69) is 36.1 Å². The minimum absolute atomic E-state index is 0.00767. The van der Waals surface area contributed by atoms with Crippen molar-refractivity contribution < 1.29 is 9.18 Å². The number of hydrogen-bond donors (Lipinski definition) is 0. The number of benzene rings is 2. The lowest BCUT2D eigenvalue weighted by Crippen LogP contribution is -2.36. The van der Waals surface area contributed by atoms with Crippen molar-refractivity contribution in [1.29, 1.82) is 0 Å². The van der Waals surface area contributed by atoms with Crippen LogP contribution >= 0.6 is 11.6 Å². The summed E-state index contributed by atoms with van der Waals surface area (Å²) in [6.07, 6.45) is -0.00767. The summed E-state index contributed by atoms with van der Waals surface area (Å²) in [4.78, 5) is 16.8. The Bertz CT molecular complexity index is 771. The van der Waals surface area contributed by atoms with E-state index in [9.17, 15) is 9.18 Å². The fourth-order valence-electron chi connectivity index (χ4n) is 3.62. The van der Waals surface area contributed by atoms with Crippen LogP contribution in [0.15, 0.2) is 42.5 Å². The van der Waals surface area contributed by atoms with Gasteiger partial charge >= 0.3 is 0 Å². The highest BCUT2D eigenvalue weighted by Gasteiger charge is 2.37. The van der Waals surface area contributed by atoms with Gasteiger partial charge in [0.05, 0.1) is 6.42 Å². The molecule has 0 aromatic heterocycles. The molecule has 138 valence electrons. The standard InChI is InChI=1S/C21H24ClFN2O/c1-14-7-9-15(10-8-14)17-12-25(13-20(17)24(2)3)21(26)11-16-18(22)5-4-6-19(16)23/h4-10,17,20H,11-13H2,1-3H3. The van der Waals surface area contributed by atoms with Crippen LogP contribution in [0.1, 0.15) is 22.6 Å². The summed E-state index contributed by atoms with van der Waals surface area (Å²) in [6.45, 7) is 3.34. The molecule has 26 heavy (non-hydrogen) atoms. The van der Waals surface area contributed by atoms with E-state index in [1.54, 1.807) is 12.1 Å². The third-order valence-electron chi connectivity index (χ3n) is 5.20. The van der Waals surface area contributed by atoms with E-state index in [4.69, 9.17) is 11.6 Å². The summed E-state index contributed by atoms with van der Waals surface area (Å²) in [5.41, 5.74) is 2.73. The third-order valence-corrected chi connectivity index (χ3v) is 5.55. The Morgan fingerprint density at radius 2 is 1.88 bits per heavy atom. The highest BCUT2D eigenvalue weighted by atomic mass is 35.5. The zero-order valence-electron chi connectivity index (χ0n) is 15.4. The molecule has 5 heteroatoms. The maximum absolute atomic E-state index is 14.0. The minimum Gasteiger partial charge on any atom is -0.340 e. The van der Waals surface area contributed by atoms with Crippen LogP contribution in [0.5, 0.6) is 0 Å². The van der Waals surface area contributed by atoms with Crippen molar-refractivity contribution in [1.82, 2.24) is 9.80 Å². The van der Waals surface area contributed by atoms with Crippen molar-refractivity contribution in [2.45, 2.75) is 25.3 Å². The van der Waals surface area contributed by atoms with E-state index in [1.807, 2.05) is 19.0 Å². The van der Waals surface area contributed by atoms with Gasteiger partial charge in [-0.05, 0) is 38.7 Å². The number of halogens is 2. The van der Waals surface area contributed by atoms with Gasteiger partial charge in [0.1, 0.15) is 5.82 Å². The Hall–Kier alpha value is -1.91. The molecule has 3 nitrogen and oxygen atoms in total. The molecule has 1 fully saturated rings. The maximum atomic E-state index is 14.0. The van der Waals surface area contributed by atoms with Gasteiger partial charge in [-0.15, -0.1) is 0 Å². The molecule has 0 N–H and O–H groups in total. The summed E-state index contributed by atoms with van der Waals surface area (Å²) < 4.78 is 14.0. The molecule has 2 unspecified atom stereocenters. The van der Waals surface area contributed by atoms with Crippen molar-refractivity contribution >= 4 is 17.5 Å². The normalized spacial score (nSPS) is 20.0. The molecule has 1 amide bonds. The Labute approximate surface area is 159 Å². The van der Waals surface area contributed by atoms with Crippen LogP contribution in [0, 0.1) is 12.7 Å². The van der Waals surface area contributed by atoms with E-state index in [0.29, 0.717) is 18.1 Å². The predicted octanol–water partition coefficient (Wildman–Crippen LogP) is 3.89. The third kappa shape index (κ3) is 3.92. The molecule has 2 atom stereocenters. The first-order valence-corrected chi connectivity index (χ1v) is 9.18. The van der Waals surface area contributed by atoms with Gasteiger partial charge in [-0.25, -0.2) is 4.39 Å². The van der Waals surface area contributed by atoms with Gasteiger partial charge in [-0.1, -0.05) is 47.5 Å². The summed E-state index contributed by atoms with van der Waals surface area (Å²) >= 11 is 6.08. The minimum atomic E-state index is -0.427. The average molecular weight is 375 g/mol. The maximum Gasteiger partial charge on any atom is 0.227 e. The summed E-state index contributed by atoms with van der Waals surface area (Å²) in [5, 5.41) is 0.303. The first kappa shape index (κ1) is 18.9. The van der Waals surface area contributed by atoms with E-state index in [-0.39, 0.29) is 29.9 Å². The van der Waals surface area contributed by atoms with E-state index < -0.39 is 5.82 Å². The number of carbonyl (C=O) groups is 1. The number of likely N-dealkylation sites (tertiary alicyclic amines) is 1. The molecule has 0 bridgehead atoms. The molecule has 1 heterocycles. The number of carbonyl (C=O) groups excluding carboxylic acids is 1. The molecule has 0 aliphatic carbocycles.